The molecular formula is C13H20N2O3. The molecule has 1 heterocycles. The number of furan rings is 1. The van der Waals surface area contributed by atoms with Crippen LogP contribution in [-0.4, -0.2) is 23.9 Å². The zero-order valence-corrected chi connectivity index (χ0v) is 11.1. The molecule has 0 saturated carbocycles. The maximum atomic E-state index is 11.6. The lowest BCUT2D eigenvalue weighted by Crippen LogP contribution is -2.43. The fourth-order valence-electron chi connectivity index (χ4n) is 1.31. The van der Waals surface area contributed by atoms with Crippen molar-refractivity contribution in [2.75, 3.05) is 6.54 Å². The van der Waals surface area contributed by atoms with Gasteiger partial charge in [0.2, 0.25) is 5.91 Å². The molecule has 1 aromatic rings. The highest BCUT2D eigenvalue weighted by molar-refractivity contribution is 5.94. The van der Waals surface area contributed by atoms with Gasteiger partial charge in [0.1, 0.15) is 6.26 Å². The van der Waals surface area contributed by atoms with Gasteiger partial charge in [-0.15, -0.1) is 0 Å². The van der Waals surface area contributed by atoms with Crippen molar-refractivity contribution in [2.45, 2.75) is 39.2 Å². The van der Waals surface area contributed by atoms with Crippen molar-refractivity contribution in [3.05, 3.63) is 24.2 Å². The highest BCUT2D eigenvalue weighted by atomic mass is 16.3. The molecule has 0 radical (unpaired) electrons. The third-order valence-electron chi connectivity index (χ3n) is 2.78. The summed E-state index contributed by atoms with van der Waals surface area (Å²) in [5.74, 6) is -0.291. The van der Waals surface area contributed by atoms with E-state index in [0.29, 0.717) is 12.1 Å². The molecule has 1 aromatic heterocycles. The molecule has 5 nitrogen and oxygen atoms in total. The molecule has 0 atom stereocenters. The van der Waals surface area contributed by atoms with Crippen molar-refractivity contribution >= 4 is 11.8 Å². The Morgan fingerprint density at radius 2 is 2.11 bits per heavy atom. The van der Waals surface area contributed by atoms with Crippen LogP contribution in [0.3, 0.4) is 0 Å². The lowest BCUT2D eigenvalue weighted by Gasteiger charge is -2.24. The van der Waals surface area contributed by atoms with Crippen LogP contribution in [0.4, 0.5) is 0 Å². The monoisotopic (exact) mass is 252 g/mol. The maximum Gasteiger partial charge on any atom is 0.254 e. The van der Waals surface area contributed by atoms with Gasteiger partial charge in [-0.1, -0.05) is 6.92 Å². The zero-order valence-electron chi connectivity index (χ0n) is 11.1. The number of amides is 2. The van der Waals surface area contributed by atoms with E-state index in [-0.39, 0.29) is 23.8 Å². The van der Waals surface area contributed by atoms with Gasteiger partial charge in [0.05, 0.1) is 11.8 Å². The Hall–Kier alpha value is -1.78. The molecule has 0 unspecified atom stereocenters. The summed E-state index contributed by atoms with van der Waals surface area (Å²) in [6, 6.07) is 1.58. The van der Waals surface area contributed by atoms with E-state index in [0.717, 1.165) is 6.42 Å². The van der Waals surface area contributed by atoms with E-state index in [1.807, 2.05) is 20.8 Å². The molecule has 0 saturated heterocycles. The van der Waals surface area contributed by atoms with Crippen LogP contribution in [0, 0.1) is 0 Å². The standard InChI is InChI=1S/C13H20N2O3/c1-4-13(2,3)15-11(16)5-7-14-12(17)10-6-8-18-9-10/h6,8-9H,4-5,7H2,1-3H3,(H,14,17)(H,15,16). The van der Waals surface area contributed by atoms with E-state index in [9.17, 15) is 9.59 Å². The minimum absolute atomic E-state index is 0.0608. The molecule has 0 aliphatic carbocycles. The third-order valence-corrected chi connectivity index (χ3v) is 2.78. The fourth-order valence-corrected chi connectivity index (χ4v) is 1.31. The van der Waals surface area contributed by atoms with Crippen LogP contribution >= 0.6 is 0 Å². The van der Waals surface area contributed by atoms with Gasteiger partial charge in [0.25, 0.3) is 5.91 Å². The first-order valence-electron chi connectivity index (χ1n) is 6.06. The highest BCUT2D eigenvalue weighted by Crippen LogP contribution is 2.06. The van der Waals surface area contributed by atoms with Gasteiger partial charge in [-0.05, 0) is 26.3 Å². The summed E-state index contributed by atoms with van der Waals surface area (Å²) in [6.07, 6.45) is 3.94. The van der Waals surface area contributed by atoms with Crippen molar-refractivity contribution < 1.29 is 14.0 Å². The minimum Gasteiger partial charge on any atom is -0.472 e. The molecule has 0 aliphatic rings. The molecule has 2 N–H and O–H groups in total. The summed E-state index contributed by atoms with van der Waals surface area (Å²) in [5.41, 5.74) is 0.260. The summed E-state index contributed by atoms with van der Waals surface area (Å²) in [7, 11) is 0. The predicted octanol–water partition coefficient (Wildman–Crippen LogP) is 1.70. The third kappa shape index (κ3) is 4.61. The first-order chi connectivity index (χ1) is 8.44. The van der Waals surface area contributed by atoms with E-state index in [1.165, 1.54) is 12.5 Å². The van der Waals surface area contributed by atoms with Crippen molar-refractivity contribution in [3.8, 4) is 0 Å². The highest BCUT2D eigenvalue weighted by Gasteiger charge is 2.17. The Bertz CT molecular complexity index is 396. The first-order valence-corrected chi connectivity index (χ1v) is 6.06. The summed E-state index contributed by atoms with van der Waals surface area (Å²) in [6.45, 7) is 6.26. The van der Waals surface area contributed by atoms with Crippen LogP contribution < -0.4 is 10.6 Å². The van der Waals surface area contributed by atoms with E-state index in [4.69, 9.17) is 4.42 Å². The molecule has 2 amide bonds. The number of carbonyl (C=O) groups excluding carboxylic acids is 2. The summed E-state index contributed by atoms with van der Waals surface area (Å²) < 4.78 is 4.80. The van der Waals surface area contributed by atoms with Crippen LogP contribution in [0.25, 0.3) is 0 Å². The smallest absolute Gasteiger partial charge is 0.254 e. The molecule has 0 spiro atoms. The second-order valence-electron chi connectivity index (χ2n) is 4.80. The molecule has 5 heteroatoms. The molecular weight excluding hydrogens is 232 g/mol. The Balaban J connectivity index is 2.26. The van der Waals surface area contributed by atoms with E-state index in [2.05, 4.69) is 10.6 Å². The molecule has 0 aromatic carbocycles. The number of hydrogen-bond donors (Lipinski definition) is 2. The van der Waals surface area contributed by atoms with Crippen molar-refractivity contribution in [2.24, 2.45) is 0 Å². The number of nitrogens with one attached hydrogen (secondary N) is 2. The van der Waals surface area contributed by atoms with Crippen molar-refractivity contribution in [1.29, 1.82) is 0 Å². The Kier molecular flexibility index (Phi) is 4.95. The van der Waals surface area contributed by atoms with Crippen LogP contribution in [0.5, 0.6) is 0 Å². The molecule has 0 aliphatic heterocycles. The van der Waals surface area contributed by atoms with Crippen LogP contribution in [0.15, 0.2) is 23.0 Å². The zero-order chi connectivity index (χ0) is 13.6. The Morgan fingerprint density at radius 3 is 2.67 bits per heavy atom. The molecule has 0 bridgehead atoms. The van der Waals surface area contributed by atoms with Gasteiger partial charge in [-0.2, -0.15) is 0 Å². The van der Waals surface area contributed by atoms with Crippen LogP contribution in [0.2, 0.25) is 0 Å². The minimum atomic E-state index is -0.230. The average molecular weight is 252 g/mol. The summed E-state index contributed by atoms with van der Waals surface area (Å²) in [5, 5.41) is 5.57. The fraction of sp³-hybridized carbons (Fsp3) is 0.538. The molecule has 0 fully saturated rings. The maximum absolute atomic E-state index is 11.6. The Labute approximate surface area is 107 Å². The largest absolute Gasteiger partial charge is 0.472 e. The molecule has 18 heavy (non-hydrogen) atoms. The topological polar surface area (TPSA) is 71.3 Å². The van der Waals surface area contributed by atoms with E-state index < -0.39 is 0 Å². The second-order valence-corrected chi connectivity index (χ2v) is 4.80. The van der Waals surface area contributed by atoms with Crippen molar-refractivity contribution in [3.63, 3.8) is 0 Å². The Morgan fingerprint density at radius 1 is 1.39 bits per heavy atom. The van der Waals surface area contributed by atoms with Gasteiger partial charge < -0.3 is 15.1 Å². The lowest BCUT2D eigenvalue weighted by molar-refractivity contribution is -0.122. The van der Waals surface area contributed by atoms with Crippen LogP contribution in [0.1, 0.15) is 44.0 Å². The van der Waals surface area contributed by atoms with Gasteiger partial charge in [0, 0.05) is 18.5 Å². The van der Waals surface area contributed by atoms with Gasteiger partial charge in [0.15, 0.2) is 0 Å². The molecule has 1 rings (SSSR count). The second kappa shape index (κ2) is 6.23. The van der Waals surface area contributed by atoms with Gasteiger partial charge in [-0.3, -0.25) is 9.59 Å². The van der Waals surface area contributed by atoms with E-state index in [1.54, 1.807) is 6.07 Å². The summed E-state index contributed by atoms with van der Waals surface area (Å²) >= 11 is 0. The van der Waals surface area contributed by atoms with E-state index >= 15 is 0 Å². The van der Waals surface area contributed by atoms with Gasteiger partial charge in [-0.25, -0.2) is 0 Å². The van der Waals surface area contributed by atoms with Crippen LogP contribution in [-0.2, 0) is 4.79 Å². The SMILES string of the molecule is CCC(C)(C)NC(=O)CCNC(=O)c1ccoc1. The molecule has 100 valence electrons. The quantitative estimate of drug-likeness (QED) is 0.809. The first kappa shape index (κ1) is 14.3. The lowest BCUT2D eigenvalue weighted by atomic mass is 10.0. The number of carbonyl (C=O) groups is 2. The average Bonchev–Trinajstić information content (AvgIpc) is 2.81. The number of rotatable bonds is 6. The number of hydrogen-bond acceptors (Lipinski definition) is 3. The van der Waals surface area contributed by atoms with Crippen molar-refractivity contribution in [1.82, 2.24) is 10.6 Å². The predicted molar refractivity (Wildman–Crippen MR) is 68.2 cm³/mol. The van der Waals surface area contributed by atoms with Gasteiger partial charge >= 0.3 is 0 Å². The normalized spacial score (nSPS) is 11.1. The summed E-state index contributed by atoms with van der Waals surface area (Å²) in [4.78, 5) is 23.1.